The first-order valence-electron chi connectivity index (χ1n) is 27.1. The van der Waals surface area contributed by atoms with Crippen LogP contribution in [0.1, 0.15) is 128 Å². The Morgan fingerprint density at radius 3 is 1.86 bits per heavy atom. The van der Waals surface area contributed by atoms with Crippen LogP contribution in [0.25, 0.3) is 0 Å². The van der Waals surface area contributed by atoms with Crippen LogP contribution in [0, 0.1) is 0 Å². The van der Waals surface area contributed by atoms with Gasteiger partial charge in [-0.3, -0.25) is 27.8 Å². The molecule has 3 aromatic rings. The molecule has 2 aliphatic heterocycles. The highest BCUT2D eigenvalue weighted by Gasteiger charge is 2.46. The zero-order valence-corrected chi connectivity index (χ0v) is 50.2. The first kappa shape index (κ1) is 65.8. The second-order valence-electron chi connectivity index (χ2n) is 21.0. The number of nitrogens with one attached hydrogen (secondary N) is 2. The van der Waals surface area contributed by atoms with Gasteiger partial charge < -0.3 is 20.4 Å². The normalized spacial score (nSPS) is 17.0. The van der Waals surface area contributed by atoms with Gasteiger partial charge in [0.15, 0.2) is 5.71 Å². The Balaban J connectivity index is 1.19. The van der Waals surface area contributed by atoms with Crippen molar-refractivity contribution in [1.29, 1.82) is 0 Å². The van der Waals surface area contributed by atoms with Crippen LogP contribution in [-0.2, 0) is 67.3 Å². The Kier molecular flexibility index (Phi) is 24.1. The second-order valence-corrected chi connectivity index (χ2v) is 27.4. The standard InChI is InChI=1S/C56H78ClN5O14S4/c1-5-35-60(38-32-57)44-25-23-43(24-26-44)18-15-22-54(64)59-34-14-8-13-33-58-53(63)21-11-7-12-31-56(4)48-42-46(80(74,75)76)28-30-50(48)62(37-17-40-78(68,69)70)52(56)20-10-6-9-19-51-55(2,3)47-41-45(79(71,72)73)27-29-49(47)61(51)36-16-39-77(65,66)67/h6,9-10,19-20,23-30,41-42H,5,7-8,11-18,21-22,31-40H2,1-4H3,(H5-,58,59,63,64,65,66,67,68,69,70,71,72,73,74,75,76)/p+1. The molecule has 19 nitrogen and oxygen atoms in total. The first-order chi connectivity index (χ1) is 37.6. The number of carbonyl (C=O) groups excluding carboxylic acids is 2. The molecule has 0 saturated heterocycles. The van der Waals surface area contributed by atoms with Crippen LogP contribution in [0.2, 0.25) is 0 Å². The number of nitrogens with zero attached hydrogens (tertiary/aromatic N) is 3. The number of benzene rings is 3. The Bertz CT molecular complexity index is 3230. The number of aryl methyl sites for hydroxylation is 1. The van der Waals surface area contributed by atoms with E-state index in [-0.39, 0.29) is 54.0 Å². The van der Waals surface area contributed by atoms with Crippen molar-refractivity contribution in [3.05, 3.63) is 113 Å². The maximum Gasteiger partial charge on any atom is 0.294 e. The molecule has 442 valence electrons. The van der Waals surface area contributed by atoms with Crippen molar-refractivity contribution in [3.8, 4) is 0 Å². The summed E-state index contributed by atoms with van der Waals surface area (Å²) in [5.74, 6) is -0.559. The molecule has 3 aromatic carbocycles. The van der Waals surface area contributed by atoms with Gasteiger partial charge in [-0.25, -0.2) is 0 Å². The molecule has 2 aliphatic rings. The molecular weight excluding hydrogens is 1130 g/mol. The van der Waals surface area contributed by atoms with Gasteiger partial charge in [0, 0.05) is 98.1 Å². The third-order valence-corrected chi connectivity index (χ3v) is 18.0. The van der Waals surface area contributed by atoms with E-state index in [0.29, 0.717) is 85.0 Å². The molecule has 1 atom stereocenters. The van der Waals surface area contributed by atoms with Gasteiger partial charge in [0.05, 0.1) is 26.7 Å². The fourth-order valence-corrected chi connectivity index (χ4v) is 12.7. The molecule has 6 N–H and O–H groups in total. The highest BCUT2D eigenvalue weighted by Crippen LogP contribution is 2.51. The summed E-state index contributed by atoms with van der Waals surface area (Å²) in [6.45, 7) is 10.8. The van der Waals surface area contributed by atoms with Crippen LogP contribution in [-0.4, -0.2) is 131 Å². The summed E-state index contributed by atoms with van der Waals surface area (Å²) in [5.41, 5.74) is 4.17. The number of amides is 2. The largest absolute Gasteiger partial charge is 0.370 e. The number of allylic oxidation sites excluding steroid dienone is 6. The van der Waals surface area contributed by atoms with Crippen LogP contribution in [0.5, 0.6) is 0 Å². The van der Waals surface area contributed by atoms with Crippen molar-refractivity contribution in [2.45, 2.75) is 138 Å². The van der Waals surface area contributed by atoms with Crippen LogP contribution < -0.4 is 20.4 Å². The Labute approximate surface area is 478 Å². The quantitative estimate of drug-likeness (QED) is 0.0107. The Morgan fingerprint density at radius 1 is 0.675 bits per heavy atom. The van der Waals surface area contributed by atoms with Crippen molar-refractivity contribution < 1.29 is 66.0 Å². The SMILES string of the molecule is CCCN(CCCl)c1ccc(CCCC(=O)NCCCCCNC(=O)CCCCCC2(C)/C(=C/C=C/C=C/C3=[N+](CCCS(=O)(=O)O)c4ccc(S(=O)(=O)O)cc4C3(C)C)N(CCCS(=O)(=O)O)c3ccc(S(=O)(=O)O)cc32)cc1. The Hall–Kier alpha value is -4.98. The molecule has 0 saturated carbocycles. The summed E-state index contributed by atoms with van der Waals surface area (Å²) >= 11 is 5.98. The number of hydrogen-bond acceptors (Lipinski definition) is 12. The second kappa shape index (κ2) is 29.3. The smallest absolute Gasteiger partial charge is 0.294 e. The summed E-state index contributed by atoms with van der Waals surface area (Å²) in [7, 11) is -17.8. The first-order valence-corrected chi connectivity index (χ1v) is 33.8. The average molecular weight is 1210 g/mol. The molecule has 0 aliphatic carbocycles. The lowest BCUT2D eigenvalue weighted by atomic mass is 9.77. The summed E-state index contributed by atoms with van der Waals surface area (Å²) in [5, 5.41) is 5.97. The van der Waals surface area contributed by atoms with Crippen molar-refractivity contribution in [1.82, 2.24) is 10.6 Å². The van der Waals surface area contributed by atoms with Gasteiger partial charge in [0.2, 0.25) is 17.5 Å². The Morgan fingerprint density at radius 2 is 1.26 bits per heavy atom. The van der Waals surface area contributed by atoms with Gasteiger partial charge in [0.1, 0.15) is 6.54 Å². The van der Waals surface area contributed by atoms with E-state index in [1.165, 1.54) is 35.9 Å². The predicted molar refractivity (Wildman–Crippen MR) is 314 cm³/mol. The van der Waals surface area contributed by atoms with Crippen LogP contribution >= 0.6 is 11.6 Å². The minimum atomic E-state index is -4.64. The zero-order chi connectivity index (χ0) is 58.9. The number of alkyl halides is 1. The molecule has 0 aromatic heterocycles. The maximum absolute atomic E-state index is 12.9. The topological polar surface area (TPSA) is 285 Å². The highest BCUT2D eigenvalue weighted by atomic mass is 35.5. The van der Waals surface area contributed by atoms with E-state index in [0.717, 1.165) is 57.3 Å². The van der Waals surface area contributed by atoms with Crippen LogP contribution in [0.15, 0.2) is 107 Å². The van der Waals surface area contributed by atoms with E-state index >= 15 is 0 Å². The summed E-state index contributed by atoms with van der Waals surface area (Å²) < 4.78 is 137. The fraction of sp³-hybridized carbons (Fsp3) is 0.518. The summed E-state index contributed by atoms with van der Waals surface area (Å²) in [6, 6.07) is 16.8. The van der Waals surface area contributed by atoms with Gasteiger partial charge in [0.25, 0.3) is 40.5 Å². The van der Waals surface area contributed by atoms with E-state index in [9.17, 15) is 61.5 Å². The molecule has 2 amide bonds. The molecule has 24 heteroatoms. The van der Waals surface area contributed by atoms with Crippen molar-refractivity contribution in [2.24, 2.45) is 0 Å². The summed E-state index contributed by atoms with van der Waals surface area (Å²) in [6.07, 6.45) is 16.7. The van der Waals surface area contributed by atoms with Crippen LogP contribution in [0.4, 0.5) is 17.1 Å². The molecule has 80 heavy (non-hydrogen) atoms. The highest BCUT2D eigenvalue weighted by molar-refractivity contribution is 7.86. The number of unbranched alkanes of at least 4 members (excludes halogenated alkanes) is 4. The fourth-order valence-electron chi connectivity index (χ4n) is 10.5. The third-order valence-electron chi connectivity index (χ3n) is 14.6. The number of anilines is 2. The van der Waals surface area contributed by atoms with E-state index in [4.69, 9.17) is 11.6 Å². The summed E-state index contributed by atoms with van der Waals surface area (Å²) in [4.78, 5) is 28.8. The van der Waals surface area contributed by atoms with Crippen molar-refractivity contribution in [3.63, 3.8) is 0 Å². The third kappa shape index (κ3) is 19.3. The van der Waals surface area contributed by atoms with Gasteiger partial charge in [-0.15, -0.1) is 11.6 Å². The number of hydrogen-bond donors (Lipinski definition) is 6. The lowest BCUT2D eigenvalue weighted by molar-refractivity contribution is -0.437. The number of rotatable bonds is 34. The molecular formula is C56H79ClN5O14S4+. The van der Waals surface area contributed by atoms with Gasteiger partial charge in [-0.1, -0.05) is 50.1 Å². The van der Waals surface area contributed by atoms with Crippen LogP contribution in [0.3, 0.4) is 0 Å². The molecule has 1 unspecified atom stereocenters. The predicted octanol–water partition coefficient (Wildman–Crippen LogP) is 8.72. The van der Waals surface area contributed by atoms with Gasteiger partial charge in [-0.2, -0.15) is 38.2 Å². The molecule has 0 spiro atoms. The van der Waals surface area contributed by atoms with E-state index in [1.54, 1.807) is 30.4 Å². The lowest BCUT2D eigenvalue weighted by Gasteiger charge is -2.30. The monoisotopic (exact) mass is 1210 g/mol. The lowest BCUT2D eigenvalue weighted by Crippen LogP contribution is -2.30. The molecule has 2 heterocycles. The molecule has 0 radical (unpaired) electrons. The minimum absolute atomic E-state index is 0.00755. The van der Waals surface area contributed by atoms with Crippen molar-refractivity contribution in [2.75, 3.05) is 66.5 Å². The number of halogens is 1. The number of carbonyl (C=O) groups is 2. The number of fused-ring (bicyclic) bond motifs is 2. The molecule has 0 bridgehead atoms. The van der Waals surface area contributed by atoms with E-state index in [2.05, 4.69) is 46.7 Å². The van der Waals surface area contributed by atoms with Crippen molar-refractivity contribution >= 4 is 86.7 Å². The average Bonchev–Trinajstić information content (AvgIpc) is 3.92. The molecule has 0 fully saturated rings. The van der Waals surface area contributed by atoms with E-state index in [1.807, 2.05) is 36.3 Å². The zero-order valence-electron chi connectivity index (χ0n) is 46.1. The molecule has 5 rings (SSSR count). The van der Waals surface area contributed by atoms with E-state index < -0.39 is 62.8 Å². The van der Waals surface area contributed by atoms with Gasteiger partial charge >= 0.3 is 0 Å². The minimum Gasteiger partial charge on any atom is -0.370 e. The maximum atomic E-state index is 12.9. The van der Waals surface area contributed by atoms with Gasteiger partial charge in [-0.05, 0) is 138 Å².